The fraction of sp³-hybridized carbons (Fsp3) is 1.00. The van der Waals surface area contributed by atoms with Crippen LogP contribution < -0.4 is 0 Å². The van der Waals surface area contributed by atoms with Crippen LogP contribution in [0.4, 0.5) is 0 Å². The first-order valence-electron chi connectivity index (χ1n) is 2.34. The van der Waals surface area contributed by atoms with E-state index in [1.165, 1.54) is 5.75 Å². The molecule has 1 fully saturated rings. The zero-order chi connectivity index (χ0) is 5.11. The number of aliphatic hydroxyl groups excluding tert-OH is 1. The molecule has 0 aromatic carbocycles. The standard InChI is InChI=1S/C4H9NOS/c6-3-5-1-2-7-4-5/h6H,1-4H2. The Balaban J connectivity index is 2.14. The van der Waals surface area contributed by atoms with Gasteiger partial charge >= 0.3 is 0 Å². The third-order valence-corrected chi connectivity index (χ3v) is 2.04. The molecule has 1 N–H and O–H groups in total. The highest BCUT2D eigenvalue weighted by Crippen LogP contribution is 2.10. The van der Waals surface area contributed by atoms with Crippen LogP contribution in [0.15, 0.2) is 0 Å². The maximum absolute atomic E-state index is 8.48. The molecule has 0 bridgehead atoms. The highest BCUT2D eigenvalue weighted by atomic mass is 32.2. The Bertz CT molecular complexity index is 53.7. The lowest BCUT2D eigenvalue weighted by molar-refractivity contribution is 0.139. The number of nitrogens with zero attached hydrogens (tertiary/aromatic N) is 1. The Kier molecular flexibility index (Phi) is 1.97. The summed E-state index contributed by atoms with van der Waals surface area (Å²) in [5.74, 6) is 2.19. The van der Waals surface area contributed by atoms with E-state index < -0.39 is 0 Å². The molecule has 1 aliphatic heterocycles. The Morgan fingerprint density at radius 1 is 1.71 bits per heavy atom. The van der Waals surface area contributed by atoms with E-state index in [1.807, 2.05) is 16.7 Å². The van der Waals surface area contributed by atoms with Gasteiger partial charge < -0.3 is 5.11 Å². The molecule has 0 atom stereocenters. The van der Waals surface area contributed by atoms with Gasteiger partial charge in [-0.1, -0.05) is 0 Å². The first-order chi connectivity index (χ1) is 3.43. The normalized spacial score (nSPS) is 23.6. The highest BCUT2D eigenvalue weighted by molar-refractivity contribution is 7.99. The fourth-order valence-corrected chi connectivity index (χ4v) is 1.55. The number of hydrogen-bond acceptors (Lipinski definition) is 3. The lowest BCUT2D eigenvalue weighted by Crippen LogP contribution is -2.19. The molecule has 1 heterocycles. The molecule has 0 unspecified atom stereocenters. The molecule has 42 valence electrons. The molecule has 1 saturated heterocycles. The van der Waals surface area contributed by atoms with E-state index in [4.69, 9.17) is 5.11 Å². The molecule has 0 aromatic rings. The number of thioether (sulfide) groups is 1. The van der Waals surface area contributed by atoms with E-state index in [2.05, 4.69) is 0 Å². The van der Waals surface area contributed by atoms with Crippen LogP contribution in [0.3, 0.4) is 0 Å². The average Bonchev–Trinajstić information content (AvgIpc) is 2.14. The van der Waals surface area contributed by atoms with E-state index in [0.717, 1.165) is 12.4 Å². The SMILES string of the molecule is OCN1CCSC1. The van der Waals surface area contributed by atoms with Crippen LogP contribution in [-0.4, -0.2) is 34.9 Å². The summed E-state index contributed by atoms with van der Waals surface area (Å²) in [6.45, 7) is 1.29. The van der Waals surface area contributed by atoms with E-state index in [0.29, 0.717) is 0 Å². The minimum atomic E-state index is 0.229. The van der Waals surface area contributed by atoms with E-state index in [1.54, 1.807) is 0 Å². The Morgan fingerprint density at radius 3 is 2.86 bits per heavy atom. The molecular weight excluding hydrogens is 110 g/mol. The van der Waals surface area contributed by atoms with Gasteiger partial charge in [-0.2, -0.15) is 0 Å². The molecule has 1 rings (SSSR count). The van der Waals surface area contributed by atoms with Gasteiger partial charge in [-0.25, -0.2) is 0 Å². The minimum absolute atomic E-state index is 0.229. The van der Waals surface area contributed by atoms with E-state index in [-0.39, 0.29) is 6.73 Å². The molecular formula is C4H9NOS. The van der Waals surface area contributed by atoms with Crippen molar-refractivity contribution in [3.05, 3.63) is 0 Å². The summed E-state index contributed by atoms with van der Waals surface area (Å²) in [5, 5.41) is 8.48. The van der Waals surface area contributed by atoms with Gasteiger partial charge in [0.15, 0.2) is 0 Å². The first-order valence-corrected chi connectivity index (χ1v) is 3.50. The molecule has 3 heteroatoms. The highest BCUT2D eigenvalue weighted by Gasteiger charge is 2.08. The van der Waals surface area contributed by atoms with Gasteiger partial charge in [-0.15, -0.1) is 11.8 Å². The lowest BCUT2D eigenvalue weighted by Gasteiger charge is -2.06. The first kappa shape index (κ1) is 5.41. The van der Waals surface area contributed by atoms with Crippen molar-refractivity contribution in [2.75, 3.05) is 24.9 Å². The summed E-state index contributed by atoms with van der Waals surface area (Å²) >= 11 is 1.87. The molecule has 0 saturated carbocycles. The molecule has 0 amide bonds. The predicted octanol–water partition coefficient (Wildman–Crippen LogP) is -0.0575. The molecule has 0 radical (unpaired) electrons. The van der Waals surface area contributed by atoms with Crippen LogP contribution in [0, 0.1) is 0 Å². The van der Waals surface area contributed by atoms with Gasteiger partial charge in [0, 0.05) is 18.2 Å². The van der Waals surface area contributed by atoms with Crippen molar-refractivity contribution >= 4 is 11.8 Å². The fourth-order valence-electron chi connectivity index (χ4n) is 0.563. The average molecular weight is 119 g/mol. The van der Waals surface area contributed by atoms with Gasteiger partial charge in [-0.05, 0) is 0 Å². The Morgan fingerprint density at radius 2 is 2.57 bits per heavy atom. The van der Waals surface area contributed by atoms with Crippen molar-refractivity contribution in [2.24, 2.45) is 0 Å². The van der Waals surface area contributed by atoms with Crippen molar-refractivity contribution in [1.29, 1.82) is 0 Å². The largest absolute Gasteiger partial charge is 0.381 e. The van der Waals surface area contributed by atoms with Crippen LogP contribution in [0.5, 0.6) is 0 Å². The number of aliphatic hydroxyl groups is 1. The van der Waals surface area contributed by atoms with Gasteiger partial charge in [0.1, 0.15) is 0 Å². The molecule has 0 aliphatic carbocycles. The van der Waals surface area contributed by atoms with Crippen molar-refractivity contribution in [3.63, 3.8) is 0 Å². The summed E-state index contributed by atoms with van der Waals surface area (Å²) in [6, 6.07) is 0. The second-order valence-corrected chi connectivity index (χ2v) is 2.65. The maximum Gasteiger partial charge on any atom is 0.0963 e. The van der Waals surface area contributed by atoms with Crippen molar-refractivity contribution in [3.8, 4) is 0 Å². The third-order valence-electron chi connectivity index (χ3n) is 1.03. The second kappa shape index (κ2) is 2.55. The smallest absolute Gasteiger partial charge is 0.0963 e. The second-order valence-electron chi connectivity index (χ2n) is 1.57. The van der Waals surface area contributed by atoms with E-state index in [9.17, 15) is 0 Å². The predicted molar refractivity (Wildman–Crippen MR) is 31.1 cm³/mol. The van der Waals surface area contributed by atoms with Crippen molar-refractivity contribution < 1.29 is 5.11 Å². The molecule has 0 spiro atoms. The van der Waals surface area contributed by atoms with Gasteiger partial charge in [0.2, 0.25) is 0 Å². The van der Waals surface area contributed by atoms with E-state index >= 15 is 0 Å². The lowest BCUT2D eigenvalue weighted by atomic mass is 10.7. The summed E-state index contributed by atoms with van der Waals surface area (Å²) in [4.78, 5) is 2.00. The van der Waals surface area contributed by atoms with Gasteiger partial charge in [0.05, 0.1) is 6.73 Å². The van der Waals surface area contributed by atoms with Crippen LogP contribution in [-0.2, 0) is 0 Å². The minimum Gasteiger partial charge on any atom is -0.381 e. The van der Waals surface area contributed by atoms with Crippen molar-refractivity contribution in [1.82, 2.24) is 4.90 Å². The number of rotatable bonds is 1. The zero-order valence-electron chi connectivity index (χ0n) is 4.13. The zero-order valence-corrected chi connectivity index (χ0v) is 4.95. The monoisotopic (exact) mass is 119 g/mol. The Hall–Kier alpha value is 0.270. The summed E-state index contributed by atoms with van der Waals surface area (Å²) in [7, 11) is 0. The quantitative estimate of drug-likeness (QED) is 0.523. The van der Waals surface area contributed by atoms with Gasteiger partial charge in [-0.3, -0.25) is 4.90 Å². The summed E-state index contributed by atoms with van der Waals surface area (Å²) in [6.07, 6.45) is 0. The Labute approximate surface area is 47.5 Å². The molecule has 0 aromatic heterocycles. The number of hydrogen-bond donors (Lipinski definition) is 1. The summed E-state index contributed by atoms with van der Waals surface area (Å²) < 4.78 is 0. The third kappa shape index (κ3) is 1.33. The molecule has 7 heavy (non-hydrogen) atoms. The van der Waals surface area contributed by atoms with Crippen LogP contribution in [0.2, 0.25) is 0 Å². The molecule has 2 nitrogen and oxygen atoms in total. The maximum atomic E-state index is 8.48. The topological polar surface area (TPSA) is 23.5 Å². The van der Waals surface area contributed by atoms with Crippen molar-refractivity contribution in [2.45, 2.75) is 0 Å². The van der Waals surface area contributed by atoms with Gasteiger partial charge in [0.25, 0.3) is 0 Å². The summed E-state index contributed by atoms with van der Waals surface area (Å²) in [5.41, 5.74) is 0. The van der Waals surface area contributed by atoms with Crippen LogP contribution >= 0.6 is 11.8 Å². The van der Waals surface area contributed by atoms with Crippen LogP contribution in [0.1, 0.15) is 0 Å². The molecule has 1 aliphatic rings. The van der Waals surface area contributed by atoms with Crippen LogP contribution in [0.25, 0.3) is 0 Å².